The van der Waals surface area contributed by atoms with Crippen molar-refractivity contribution in [1.82, 2.24) is 15.1 Å². The fourth-order valence-electron chi connectivity index (χ4n) is 1.10. The second-order valence-corrected chi connectivity index (χ2v) is 3.19. The van der Waals surface area contributed by atoms with E-state index in [1.807, 2.05) is 6.92 Å². The fourth-order valence-corrected chi connectivity index (χ4v) is 1.10. The molecule has 0 spiro atoms. The standard InChI is InChI=1S/C9H16N4O2/c1-7-8(10)5-12-13(7)6-9(14)11-3-4-15-2/h5H,3-4,6,10H2,1-2H3,(H,11,14). The van der Waals surface area contributed by atoms with Crippen LogP contribution in [0.2, 0.25) is 0 Å². The highest BCUT2D eigenvalue weighted by Gasteiger charge is 2.07. The van der Waals surface area contributed by atoms with Gasteiger partial charge in [0.2, 0.25) is 5.91 Å². The van der Waals surface area contributed by atoms with Crippen LogP contribution in [0.4, 0.5) is 5.69 Å². The monoisotopic (exact) mass is 212 g/mol. The van der Waals surface area contributed by atoms with Crippen LogP contribution in [0.1, 0.15) is 5.69 Å². The highest BCUT2D eigenvalue weighted by molar-refractivity contribution is 5.75. The second-order valence-electron chi connectivity index (χ2n) is 3.19. The summed E-state index contributed by atoms with van der Waals surface area (Å²) in [7, 11) is 1.59. The van der Waals surface area contributed by atoms with E-state index in [0.29, 0.717) is 18.8 Å². The van der Waals surface area contributed by atoms with Crippen LogP contribution in [0.15, 0.2) is 6.20 Å². The van der Waals surface area contributed by atoms with E-state index in [-0.39, 0.29) is 12.5 Å². The molecule has 0 unspecified atom stereocenters. The number of nitrogens with one attached hydrogen (secondary N) is 1. The molecular weight excluding hydrogens is 196 g/mol. The van der Waals surface area contributed by atoms with Crippen molar-refractivity contribution in [2.75, 3.05) is 26.0 Å². The summed E-state index contributed by atoms with van der Waals surface area (Å²) in [5, 5.41) is 6.69. The molecule has 1 amide bonds. The minimum Gasteiger partial charge on any atom is -0.396 e. The summed E-state index contributed by atoms with van der Waals surface area (Å²) in [6.07, 6.45) is 1.54. The number of methoxy groups -OCH3 is 1. The van der Waals surface area contributed by atoms with Crippen LogP contribution in [-0.2, 0) is 16.1 Å². The molecule has 1 heterocycles. The Kier molecular flexibility index (Phi) is 4.11. The lowest BCUT2D eigenvalue weighted by Crippen LogP contribution is -2.30. The van der Waals surface area contributed by atoms with Crippen LogP contribution in [0.5, 0.6) is 0 Å². The number of aromatic nitrogens is 2. The summed E-state index contributed by atoms with van der Waals surface area (Å²) in [6.45, 7) is 3.02. The largest absolute Gasteiger partial charge is 0.396 e. The number of anilines is 1. The molecule has 1 aromatic rings. The molecule has 0 aliphatic carbocycles. The minimum atomic E-state index is -0.0988. The molecule has 1 aromatic heterocycles. The van der Waals surface area contributed by atoms with Gasteiger partial charge >= 0.3 is 0 Å². The van der Waals surface area contributed by atoms with Crippen LogP contribution in [0.25, 0.3) is 0 Å². The predicted molar refractivity (Wildman–Crippen MR) is 56.3 cm³/mol. The third-order valence-electron chi connectivity index (χ3n) is 2.06. The molecule has 3 N–H and O–H groups in total. The summed E-state index contributed by atoms with van der Waals surface area (Å²) in [4.78, 5) is 11.4. The molecule has 15 heavy (non-hydrogen) atoms. The molecule has 1 rings (SSSR count). The van der Waals surface area contributed by atoms with E-state index < -0.39 is 0 Å². The van der Waals surface area contributed by atoms with Crippen molar-refractivity contribution in [3.63, 3.8) is 0 Å². The zero-order chi connectivity index (χ0) is 11.3. The van der Waals surface area contributed by atoms with Crippen molar-refractivity contribution in [1.29, 1.82) is 0 Å². The van der Waals surface area contributed by atoms with Crippen molar-refractivity contribution in [2.45, 2.75) is 13.5 Å². The molecule has 0 bridgehead atoms. The maximum Gasteiger partial charge on any atom is 0.241 e. The van der Waals surface area contributed by atoms with Gasteiger partial charge in [0.15, 0.2) is 0 Å². The number of rotatable bonds is 5. The van der Waals surface area contributed by atoms with Gasteiger partial charge in [0.1, 0.15) is 6.54 Å². The molecule has 0 aromatic carbocycles. The van der Waals surface area contributed by atoms with Crippen molar-refractivity contribution in [3.8, 4) is 0 Å². The second kappa shape index (κ2) is 5.35. The Morgan fingerprint density at radius 2 is 2.47 bits per heavy atom. The average molecular weight is 212 g/mol. The van der Waals surface area contributed by atoms with Gasteiger partial charge in [-0.2, -0.15) is 5.10 Å². The molecule has 0 aliphatic rings. The van der Waals surface area contributed by atoms with Crippen LogP contribution in [0, 0.1) is 6.92 Å². The highest BCUT2D eigenvalue weighted by atomic mass is 16.5. The average Bonchev–Trinajstić information content (AvgIpc) is 2.50. The van der Waals surface area contributed by atoms with Crippen LogP contribution >= 0.6 is 0 Å². The Balaban J connectivity index is 2.41. The van der Waals surface area contributed by atoms with E-state index >= 15 is 0 Å². The smallest absolute Gasteiger partial charge is 0.241 e. The number of nitrogens with two attached hydrogens (primary N) is 1. The molecule has 0 saturated carbocycles. The number of nitrogen functional groups attached to an aromatic ring is 1. The summed E-state index contributed by atoms with van der Waals surface area (Å²) in [5.74, 6) is -0.0988. The Morgan fingerprint density at radius 1 is 1.73 bits per heavy atom. The third kappa shape index (κ3) is 3.25. The van der Waals surface area contributed by atoms with Crippen molar-refractivity contribution in [2.24, 2.45) is 0 Å². The molecule has 0 radical (unpaired) electrons. The summed E-state index contributed by atoms with van der Waals surface area (Å²) < 4.78 is 6.38. The first kappa shape index (κ1) is 11.5. The number of nitrogens with zero attached hydrogens (tertiary/aromatic N) is 2. The number of amides is 1. The van der Waals surface area contributed by atoms with Crippen LogP contribution in [0.3, 0.4) is 0 Å². The van der Waals surface area contributed by atoms with Gasteiger partial charge in [0.25, 0.3) is 0 Å². The molecule has 0 saturated heterocycles. The molecule has 84 valence electrons. The van der Waals surface area contributed by atoms with Gasteiger partial charge in [-0.05, 0) is 6.92 Å². The lowest BCUT2D eigenvalue weighted by Gasteiger charge is -2.06. The van der Waals surface area contributed by atoms with E-state index in [2.05, 4.69) is 10.4 Å². The quantitative estimate of drug-likeness (QED) is 0.647. The van der Waals surface area contributed by atoms with Crippen molar-refractivity contribution in [3.05, 3.63) is 11.9 Å². The van der Waals surface area contributed by atoms with Crippen LogP contribution in [-0.4, -0.2) is 35.9 Å². The Bertz CT molecular complexity index is 335. The molecular formula is C9H16N4O2. The van der Waals surface area contributed by atoms with Gasteiger partial charge < -0.3 is 15.8 Å². The zero-order valence-electron chi connectivity index (χ0n) is 8.99. The fraction of sp³-hybridized carbons (Fsp3) is 0.556. The van der Waals surface area contributed by atoms with Gasteiger partial charge in [0, 0.05) is 13.7 Å². The number of carbonyl (C=O) groups is 1. The Hall–Kier alpha value is -1.56. The van der Waals surface area contributed by atoms with Gasteiger partial charge in [-0.3, -0.25) is 9.48 Å². The highest BCUT2D eigenvalue weighted by Crippen LogP contribution is 2.07. The predicted octanol–water partition coefficient (Wildman–Crippen LogP) is -0.464. The number of ether oxygens (including phenoxy) is 1. The zero-order valence-corrected chi connectivity index (χ0v) is 8.99. The van der Waals surface area contributed by atoms with Gasteiger partial charge in [-0.25, -0.2) is 0 Å². The molecule has 0 atom stereocenters. The molecule has 6 nitrogen and oxygen atoms in total. The lowest BCUT2D eigenvalue weighted by molar-refractivity contribution is -0.122. The number of hydrogen-bond donors (Lipinski definition) is 2. The van der Waals surface area contributed by atoms with Gasteiger partial charge in [0.05, 0.1) is 24.2 Å². The lowest BCUT2D eigenvalue weighted by atomic mass is 10.4. The summed E-state index contributed by atoms with van der Waals surface area (Å²) >= 11 is 0. The normalized spacial score (nSPS) is 10.3. The summed E-state index contributed by atoms with van der Waals surface area (Å²) in [6, 6.07) is 0. The van der Waals surface area contributed by atoms with Gasteiger partial charge in [-0.1, -0.05) is 0 Å². The molecule has 0 aliphatic heterocycles. The Morgan fingerprint density at radius 3 is 3.00 bits per heavy atom. The van der Waals surface area contributed by atoms with E-state index in [0.717, 1.165) is 5.69 Å². The molecule has 6 heteroatoms. The maximum atomic E-state index is 11.4. The Labute approximate surface area is 88.4 Å². The number of carbonyl (C=O) groups excluding carboxylic acids is 1. The topological polar surface area (TPSA) is 82.2 Å². The number of hydrogen-bond acceptors (Lipinski definition) is 4. The SMILES string of the molecule is COCCNC(=O)Cn1ncc(N)c1C. The van der Waals surface area contributed by atoms with Crippen molar-refractivity contribution < 1.29 is 9.53 Å². The third-order valence-corrected chi connectivity index (χ3v) is 2.06. The van der Waals surface area contributed by atoms with E-state index in [4.69, 9.17) is 10.5 Å². The van der Waals surface area contributed by atoms with Crippen LogP contribution < -0.4 is 11.1 Å². The minimum absolute atomic E-state index is 0.0988. The van der Waals surface area contributed by atoms with E-state index in [1.54, 1.807) is 11.8 Å². The van der Waals surface area contributed by atoms with E-state index in [9.17, 15) is 4.79 Å². The first-order valence-corrected chi connectivity index (χ1v) is 4.68. The first-order chi connectivity index (χ1) is 7.15. The first-order valence-electron chi connectivity index (χ1n) is 4.68. The summed E-state index contributed by atoms with van der Waals surface area (Å²) in [5.41, 5.74) is 7.00. The van der Waals surface area contributed by atoms with Crippen molar-refractivity contribution >= 4 is 11.6 Å². The van der Waals surface area contributed by atoms with E-state index in [1.165, 1.54) is 6.20 Å². The van der Waals surface area contributed by atoms with Gasteiger partial charge in [-0.15, -0.1) is 0 Å². The molecule has 0 fully saturated rings. The maximum absolute atomic E-state index is 11.4.